The largest absolute Gasteiger partial charge is 0.340 e. The molecule has 1 N–H and O–H groups in total. The van der Waals surface area contributed by atoms with Crippen LogP contribution in [0.3, 0.4) is 0 Å². The minimum Gasteiger partial charge on any atom is -0.340 e. The number of hydrogen-bond acceptors (Lipinski definition) is 5. The number of anilines is 2. The molecule has 124 valence electrons. The number of nitrogens with zero attached hydrogens (tertiary/aromatic N) is 3. The molecule has 6 nitrogen and oxygen atoms in total. The van der Waals surface area contributed by atoms with Crippen LogP contribution in [0.4, 0.5) is 11.5 Å². The van der Waals surface area contributed by atoms with Crippen LogP contribution in [0.2, 0.25) is 0 Å². The van der Waals surface area contributed by atoms with Gasteiger partial charge in [0.05, 0.1) is 0 Å². The summed E-state index contributed by atoms with van der Waals surface area (Å²) in [5.41, 5.74) is 1.87. The molecular formula is C18H20N4O2. The van der Waals surface area contributed by atoms with Crippen molar-refractivity contribution in [2.24, 2.45) is 0 Å². The highest BCUT2D eigenvalue weighted by Gasteiger charge is 2.21. The Morgan fingerprint density at radius 3 is 2.38 bits per heavy atom. The average molecular weight is 324 g/mol. The summed E-state index contributed by atoms with van der Waals surface area (Å²) in [5.74, 6) is 1.09. The smallest absolute Gasteiger partial charge is 0.272 e. The van der Waals surface area contributed by atoms with Crippen molar-refractivity contribution < 1.29 is 9.59 Å². The van der Waals surface area contributed by atoms with Gasteiger partial charge in [-0.3, -0.25) is 9.59 Å². The van der Waals surface area contributed by atoms with Crippen molar-refractivity contribution in [3.63, 3.8) is 0 Å². The van der Waals surface area contributed by atoms with Crippen molar-refractivity contribution in [1.82, 2.24) is 14.9 Å². The molecule has 1 saturated heterocycles. The van der Waals surface area contributed by atoms with Gasteiger partial charge in [0.2, 0.25) is 0 Å². The molecule has 0 bridgehead atoms. The van der Waals surface area contributed by atoms with Crippen LogP contribution >= 0.6 is 0 Å². The van der Waals surface area contributed by atoms with Gasteiger partial charge in [-0.15, -0.1) is 0 Å². The van der Waals surface area contributed by atoms with E-state index >= 15 is 0 Å². The van der Waals surface area contributed by atoms with E-state index in [4.69, 9.17) is 0 Å². The number of likely N-dealkylation sites (tertiary alicyclic amines) is 1. The molecule has 1 aliphatic heterocycles. The topological polar surface area (TPSA) is 75.2 Å². The summed E-state index contributed by atoms with van der Waals surface area (Å²) in [6.45, 7) is 4.88. The van der Waals surface area contributed by atoms with E-state index in [0.29, 0.717) is 22.9 Å². The molecule has 1 aliphatic rings. The normalized spacial score (nSPS) is 13.8. The second kappa shape index (κ2) is 6.78. The molecule has 0 radical (unpaired) electrons. The van der Waals surface area contributed by atoms with Crippen molar-refractivity contribution in [2.75, 3.05) is 18.4 Å². The minimum atomic E-state index is -0.0482. The molecule has 0 atom stereocenters. The minimum absolute atomic E-state index is 0.0259. The first-order chi connectivity index (χ1) is 11.5. The third-order valence-corrected chi connectivity index (χ3v) is 4.01. The highest BCUT2D eigenvalue weighted by molar-refractivity contribution is 5.94. The van der Waals surface area contributed by atoms with Crippen LogP contribution in [0, 0.1) is 6.92 Å². The third kappa shape index (κ3) is 3.59. The number of carbonyl (C=O) groups is 2. The first-order valence-corrected chi connectivity index (χ1v) is 8.06. The van der Waals surface area contributed by atoms with Gasteiger partial charge in [0.25, 0.3) is 5.91 Å². The number of aromatic nitrogens is 2. The molecule has 2 aromatic rings. The number of ketones is 1. The average Bonchev–Trinajstić information content (AvgIpc) is 3.08. The maximum atomic E-state index is 12.5. The molecule has 0 unspecified atom stereocenters. The first kappa shape index (κ1) is 16.1. The van der Waals surface area contributed by atoms with E-state index < -0.39 is 0 Å². The first-order valence-electron chi connectivity index (χ1n) is 8.06. The van der Waals surface area contributed by atoms with Gasteiger partial charge in [-0.25, -0.2) is 9.97 Å². The molecule has 0 spiro atoms. The van der Waals surface area contributed by atoms with Crippen LogP contribution < -0.4 is 5.32 Å². The van der Waals surface area contributed by atoms with Gasteiger partial charge in [-0.2, -0.15) is 0 Å². The Morgan fingerprint density at radius 2 is 1.75 bits per heavy atom. The Morgan fingerprint density at radius 1 is 1.08 bits per heavy atom. The molecule has 1 fully saturated rings. The van der Waals surface area contributed by atoms with E-state index in [-0.39, 0.29) is 11.7 Å². The number of nitrogens with one attached hydrogen (secondary N) is 1. The number of rotatable bonds is 4. The summed E-state index contributed by atoms with van der Waals surface area (Å²) in [6, 6.07) is 8.82. The van der Waals surface area contributed by atoms with E-state index in [9.17, 15) is 9.59 Å². The zero-order valence-electron chi connectivity index (χ0n) is 13.9. The molecule has 3 rings (SSSR count). The standard InChI is InChI=1S/C18H20N4O2/c1-12(23)14-5-7-15(8-6-14)21-17-11-16(19-13(2)20-17)18(24)22-9-3-4-10-22/h5-8,11H,3-4,9-10H2,1-2H3,(H,19,20,21). The van der Waals surface area contributed by atoms with E-state index in [2.05, 4.69) is 15.3 Å². The Kier molecular flexibility index (Phi) is 4.55. The maximum Gasteiger partial charge on any atom is 0.272 e. The number of amides is 1. The van der Waals surface area contributed by atoms with Crippen molar-refractivity contribution >= 4 is 23.2 Å². The SMILES string of the molecule is CC(=O)c1ccc(Nc2cc(C(=O)N3CCCC3)nc(C)n2)cc1. The van der Waals surface area contributed by atoms with Gasteiger partial charge in [0.1, 0.15) is 17.3 Å². The van der Waals surface area contributed by atoms with Crippen LogP contribution in [-0.2, 0) is 0 Å². The Labute approximate surface area is 140 Å². The molecule has 2 heterocycles. The lowest BCUT2D eigenvalue weighted by Crippen LogP contribution is -2.28. The molecule has 1 aromatic carbocycles. The fourth-order valence-electron chi connectivity index (χ4n) is 2.76. The fraction of sp³-hybridized carbons (Fsp3) is 0.333. The Bertz CT molecular complexity index is 765. The third-order valence-electron chi connectivity index (χ3n) is 4.01. The van der Waals surface area contributed by atoms with Gasteiger partial charge in [0, 0.05) is 30.4 Å². The zero-order valence-corrected chi connectivity index (χ0v) is 13.9. The summed E-state index contributed by atoms with van der Waals surface area (Å²) in [4.78, 5) is 34.2. The van der Waals surface area contributed by atoms with Gasteiger partial charge < -0.3 is 10.2 Å². The summed E-state index contributed by atoms with van der Waals surface area (Å²) in [6.07, 6.45) is 2.09. The summed E-state index contributed by atoms with van der Waals surface area (Å²) in [5, 5.41) is 3.16. The predicted molar refractivity (Wildman–Crippen MR) is 91.6 cm³/mol. The van der Waals surface area contributed by atoms with Crippen molar-refractivity contribution in [3.8, 4) is 0 Å². The fourth-order valence-corrected chi connectivity index (χ4v) is 2.76. The van der Waals surface area contributed by atoms with Crippen LogP contribution in [-0.4, -0.2) is 39.6 Å². The van der Waals surface area contributed by atoms with Crippen LogP contribution in [0.1, 0.15) is 46.4 Å². The van der Waals surface area contributed by atoms with Crippen molar-refractivity contribution in [2.45, 2.75) is 26.7 Å². The van der Waals surface area contributed by atoms with Crippen LogP contribution in [0.25, 0.3) is 0 Å². The predicted octanol–water partition coefficient (Wildman–Crippen LogP) is 2.97. The molecule has 1 aromatic heterocycles. The Balaban J connectivity index is 1.80. The summed E-state index contributed by atoms with van der Waals surface area (Å²) in [7, 11) is 0. The quantitative estimate of drug-likeness (QED) is 0.875. The molecular weight excluding hydrogens is 304 g/mol. The van der Waals surface area contributed by atoms with E-state index in [0.717, 1.165) is 31.6 Å². The van der Waals surface area contributed by atoms with Crippen LogP contribution in [0.5, 0.6) is 0 Å². The lowest BCUT2D eigenvalue weighted by molar-refractivity contribution is 0.0786. The van der Waals surface area contributed by atoms with Crippen LogP contribution in [0.15, 0.2) is 30.3 Å². The highest BCUT2D eigenvalue weighted by Crippen LogP contribution is 2.18. The second-order valence-electron chi connectivity index (χ2n) is 5.94. The highest BCUT2D eigenvalue weighted by atomic mass is 16.2. The van der Waals surface area contributed by atoms with Gasteiger partial charge in [-0.1, -0.05) is 0 Å². The second-order valence-corrected chi connectivity index (χ2v) is 5.94. The molecule has 0 aliphatic carbocycles. The van der Waals surface area contributed by atoms with E-state index in [1.54, 1.807) is 25.1 Å². The van der Waals surface area contributed by atoms with Crippen molar-refractivity contribution in [3.05, 3.63) is 47.4 Å². The van der Waals surface area contributed by atoms with E-state index in [1.807, 2.05) is 17.0 Å². The maximum absolute atomic E-state index is 12.5. The Hall–Kier alpha value is -2.76. The monoisotopic (exact) mass is 324 g/mol. The van der Waals surface area contributed by atoms with Crippen molar-refractivity contribution in [1.29, 1.82) is 0 Å². The molecule has 0 saturated carbocycles. The van der Waals surface area contributed by atoms with Gasteiger partial charge in [0.15, 0.2) is 5.78 Å². The molecule has 6 heteroatoms. The molecule has 1 amide bonds. The number of carbonyl (C=O) groups excluding carboxylic acids is 2. The number of aryl methyl sites for hydroxylation is 1. The zero-order chi connectivity index (χ0) is 17.1. The van der Waals surface area contributed by atoms with Gasteiger partial charge >= 0.3 is 0 Å². The lowest BCUT2D eigenvalue weighted by atomic mass is 10.1. The lowest BCUT2D eigenvalue weighted by Gasteiger charge is -2.15. The van der Waals surface area contributed by atoms with E-state index in [1.165, 1.54) is 6.92 Å². The number of benzene rings is 1. The number of Topliss-reactive ketones (excluding diaryl/α,β-unsaturated/α-hetero) is 1. The summed E-state index contributed by atoms with van der Waals surface area (Å²) < 4.78 is 0. The summed E-state index contributed by atoms with van der Waals surface area (Å²) >= 11 is 0. The van der Waals surface area contributed by atoms with Gasteiger partial charge in [-0.05, 0) is 51.0 Å². The molecule has 24 heavy (non-hydrogen) atoms. The number of hydrogen-bond donors (Lipinski definition) is 1.